The number of rotatable bonds is 6. The molecule has 2 nitrogen and oxygen atoms in total. The zero-order chi connectivity index (χ0) is 16.2. The van der Waals surface area contributed by atoms with Gasteiger partial charge >= 0.3 is 0 Å². The van der Waals surface area contributed by atoms with Crippen LogP contribution >= 0.6 is 0 Å². The van der Waals surface area contributed by atoms with E-state index in [4.69, 9.17) is 5.73 Å². The van der Waals surface area contributed by atoms with Gasteiger partial charge in [-0.15, -0.1) is 0 Å². The van der Waals surface area contributed by atoms with E-state index in [9.17, 15) is 0 Å². The maximum atomic E-state index is 5.74. The Morgan fingerprint density at radius 1 is 1.35 bits per heavy atom. The first kappa shape index (κ1) is 22.3. The van der Waals surface area contributed by atoms with E-state index >= 15 is 0 Å². The van der Waals surface area contributed by atoms with E-state index in [1.54, 1.807) is 12.3 Å². The minimum absolute atomic E-state index is 0. The van der Waals surface area contributed by atoms with Gasteiger partial charge in [0.2, 0.25) is 0 Å². The summed E-state index contributed by atoms with van der Waals surface area (Å²) in [4.78, 5) is 3.95. The molecule has 1 radical (unpaired) electrons. The first-order valence-corrected chi connectivity index (χ1v) is 8.06. The average Bonchev–Trinajstić information content (AvgIpc) is 2.52. The molecule has 1 atom stereocenters. The number of nitrogens with zero attached hydrogens (tertiary/aromatic N) is 1. The Kier molecular flexibility index (Phi) is 13.3. The van der Waals surface area contributed by atoms with Crippen LogP contribution in [0.25, 0.3) is 0 Å². The Bertz CT molecular complexity index is 514. The summed E-state index contributed by atoms with van der Waals surface area (Å²) in [5.74, 6) is 0.784. The zero-order valence-corrected chi connectivity index (χ0v) is 17.5. The summed E-state index contributed by atoms with van der Waals surface area (Å²) in [7, 11) is 0. The summed E-state index contributed by atoms with van der Waals surface area (Å²) in [6.07, 6.45) is 8.91. The molecule has 1 unspecified atom stereocenters. The number of nitrogens with two attached hydrogens (primary N) is 1. The quantitative estimate of drug-likeness (QED) is 0.560. The molecule has 0 aliphatic heterocycles. The second kappa shape index (κ2) is 13.7. The maximum absolute atomic E-state index is 5.74. The van der Waals surface area contributed by atoms with Gasteiger partial charge < -0.3 is 17.1 Å². The monoisotopic (exact) mass is 385 g/mol. The van der Waals surface area contributed by atoms with Gasteiger partial charge in [0.15, 0.2) is 0 Å². The summed E-state index contributed by atoms with van der Waals surface area (Å²) in [5.41, 5.74) is 8.99. The van der Waals surface area contributed by atoms with Crippen LogP contribution in [0.3, 0.4) is 0 Å². The molecule has 2 aromatic rings. The van der Waals surface area contributed by atoms with Crippen molar-refractivity contribution in [2.24, 2.45) is 5.92 Å². The van der Waals surface area contributed by atoms with Crippen LogP contribution in [-0.4, -0.2) is 4.98 Å². The molecule has 0 aliphatic rings. The van der Waals surface area contributed by atoms with E-state index in [2.05, 4.69) is 43.5 Å². The second-order valence-electron chi connectivity index (χ2n) is 5.72. The van der Waals surface area contributed by atoms with Gasteiger partial charge in [0, 0.05) is 38.4 Å². The number of anilines is 1. The first-order valence-electron chi connectivity index (χ1n) is 8.06. The fourth-order valence-electron chi connectivity index (χ4n) is 2.13. The molecule has 0 amide bonds. The molecule has 1 aromatic carbocycles. The molecule has 0 aliphatic carbocycles. The normalized spacial score (nSPS) is 10.9. The van der Waals surface area contributed by atoms with E-state index in [-0.39, 0.29) is 32.7 Å². The van der Waals surface area contributed by atoms with Gasteiger partial charge in [0.25, 0.3) is 0 Å². The van der Waals surface area contributed by atoms with E-state index in [1.165, 1.54) is 24.8 Å². The number of benzene rings is 1. The Morgan fingerprint density at radius 3 is 2.65 bits per heavy atom. The maximum Gasteiger partial charge on any atom is 0.0316 e. The van der Waals surface area contributed by atoms with Gasteiger partial charge in [-0.2, -0.15) is 31.0 Å². The van der Waals surface area contributed by atoms with Crippen molar-refractivity contribution in [3.8, 4) is 0 Å². The zero-order valence-electron chi connectivity index (χ0n) is 14.6. The first-order chi connectivity index (χ1) is 10.6. The number of aromatic nitrogens is 1. The van der Waals surface area contributed by atoms with Gasteiger partial charge in [0.05, 0.1) is 0 Å². The third-order valence-electron chi connectivity index (χ3n) is 3.48. The smallest absolute Gasteiger partial charge is 0.0316 e. The molecule has 2 rings (SSSR count). The van der Waals surface area contributed by atoms with Gasteiger partial charge in [-0.05, 0) is 30.5 Å². The second-order valence-corrected chi connectivity index (χ2v) is 5.72. The Labute approximate surface area is 167 Å². The molecule has 3 heteroatoms. The number of hydrogen-bond donors (Lipinski definition) is 1. The fraction of sp³-hybridized carbons (Fsp3) is 0.400. The number of nitrogen functional groups attached to an aromatic ring is 1. The van der Waals surface area contributed by atoms with Crippen LogP contribution in [0.15, 0.2) is 42.6 Å². The molecule has 0 saturated heterocycles. The molecule has 0 fully saturated rings. The summed E-state index contributed by atoms with van der Waals surface area (Å²) in [6.45, 7) is 6.46. The standard InChI is InChI=1S/C14H22N.C6H6N.Y/c1-3-4-6-12(2)9-10-13-7-5-8-14(15)11-13;1-6-4-2-3-5-7-6;/h4-5,7-8,11-12H,3,6,9-10,15H2,1-2H3;3-5H,1H3;/q2*-1;. The van der Waals surface area contributed by atoms with Crippen LogP contribution < -0.4 is 5.73 Å². The van der Waals surface area contributed by atoms with Crippen LogP contribution in [0, 0.1) is 25.3 Å². The third kappa shape index (κ3) is 11.4. The number of hydrogen-bond acceptors (Lipinski definition) is 2. The van der Waals surface area contributed by atoms with Crippen molar-refractivity contribution < 1.29 is 32.7 Å². The van der Waals surface area contributed by atoms with Gasteiger partial charge in [-0.3, -0.25) is 0 Å². The average molecular weight is 385 g/mol. The van der Waals surface area contributed by atoms with Crippen molar-refractivity contribution in [3.63, 3.8) is 0 Å². The van der Waals surface area contributed by atoms with Crippen molar-refractivity contribution in [2.45, 2.75) is 46.5 Å². The summed E-state index contributed by atoms with van der Waals surface area (Å²) < 4.78 is 0. The minimum Gasteiger partial charge on any atom is -0.399 e. The van der Waals surface area contributed by atoms with E-state index in [1.807, 2.05) is 25.1 Å². The van der Waals surface area contributed by atoms with Crippen LogP contribution in [0.4, 0.5) is 5.69 Å². The molecular formula is C20H28N2Y-2. The van der Waals surface area contributed by atoms with Crippen LogP contribution in [-0.2, 0) is 39.1 Å². The largest absolute Gasteiger partial charge is 0.399 e. The third-order valence-corrected chi connectivity index (χ3v) is 3.48. The SMILES string of the molecule is CC[CH-]CC(C)CCc1cccc(N)c1.Cc1c[c-]ccn1.[Y]. The van der Waals surface area contributed by atoms with E-state index < -0.39 is 0 Å². The van der Waals surface area contributed by atoms with Gasteiger partial charge in [-0.25, -0.2) is 0 Å². The minimum atomic E-state index is 0. The molecule has 1 heterocycles. The number of unbranched alkanes of at least 4 members (excludes halogenated alkanes) is 1. The van der Waals surface area contributed by atoms with E-state index in [0.717, 1.165) is 23.7 Å². The molecule has 0 spiro atoms. The fourth-order valence-corrected chi connectivity index (χ4v) is 2.13. The van der Waals surface area contributed by atoms with E-state index in [0.29, 0.717) is 0 Å². The number of pyridine rings is 1. The van der Waals surface area contributed by atoms with Crippen molar-refractivity contribution in [1.82, 2.24) is 4.98 Å². The Balaban J connectivity index is 0.000000509. The van der Waals surface area contributed by atoms with Crippen molar-refractivity contribution in [2.75, 3.05) is 5.73 Å². The van der Waals surface area contributed by atoms with Crippen LogP contribution in [0.2, 0.25) is 0 Å². The van der Waals surface area contributed by atoms with Crippen LogP contribution in [0.5, 0.6) is 0 Å². The Morgan fingerprint density at radius 2 is 2.13 bits per heavy atom. The molecule has 0 saturated carbocycles. The number of aryl methyl sites for hydroxylation is 2. The Hall–Kier alpha value is -0.726. The van der Waals surface area contributed by atoms with Crippen molar-refractivity contribution in [3.05, 3.63) is 66.3 Å². The molecular weight excluding hydrogens is 357 g/mol. The summed E-state index contributed by atoms with van der Waals surface area (Å²) in [5, 5.41) is 0. The molecule has 0 bridgehead atoms. The van der Waals surface area contributed by atoms with Gasteiger partial charge in [0.1, 0.15) is 0 Å². The van der Waals surface area contributed by atoms with Crippen LogP contribution in [0.1, 0.15) is 44.4 Å². The predicted molar refractivity (Wildman–Crippen MR) is 95.4 cm³/mol. The molecule has 23 heavy (non-hydrogen) atoms. The summed E-state index contributed by atoms with van der Waals surface area (Å²) >= 11 is 0. The molecule has 123 valence electrons. The predicted octanol–water partition coefficient (Wildman–Crippen LogP) is 5.03. The summed E-state index contributed by atoms with van der Waals surface area (Å²) in [6, 6.07) is 14.7. The van der Waals surface area contributed by atoms with Crippen molar-refractivity contribution in [1.29, 1.82) is 0 Å². The molecule has 2 N–H and O–H groups in total. The molecule has 1 aromatic heterocycles. The van der Waals surface area contributed by atoms with Gasteiger partial charge in [-0.1, -0.05) is 50.7 Å². The topological polar surface area (TPSA) is 38.9 Å². The van der Waals surface area contributed by atoms with Crippen molar-refractivity contribution >= 4 is 5.69 Å².